The minimum absolute atomic E-state index is 0.0462. The molecule has 8 N–H and O–H groups in total. The number of benzene rings is 2. The molecule has 2 aromatic carbocycles. The van der Waals surface area contributed by atoms with Gasteiger partial charge in [0.2, 0.25) is 5.91 Å². The van der Waals surface area contributed by atoms with Gasteiger partial charge in [-0.2, -0.15) is 0 Å². The fraction of sp³-hybridized carbons (Fsp3) is 0.553. The van der Waals surface area contributed by atoms with Crippen LogP contribution in [0.5, 0.6) is 0 Å². The number of carbonyl (C=O) groups excluding carboxylic acids is 1. The Kier molecular flexibility index (Phi) is 11.2. The molecule has 10 atom stereocenters. The number of nitrogens with zero attached hydrogens (tertiary/aromatic N) is 2. The van der Waals surface area contributed by atoms with Crippen LogP contribution in [0.1, 0.15) is 41.5 Å². The fourth-order valence-corrected chi connectivity index (χ4v) is 7.66. The van der Waals surface area contributed by atoms with Crippen LogP contribution in [0, 0.1) is 23.7 Å². The van der Waals surface area contributed by atoms with Crippen molar-refractivity contribution >= 4 is 5.91 Å². The molecular weight excluding hydrogens is 660 g/mol. The molecule has 1 amide bonds. The summed E-state index contributed by atoms with van der Waals surface area (Å²) in [4.78, 5) is 16.7. The number of fused-ring (bicyclic) bond motifs is 5. The van der Waals surface area contributed by atoms with Crippen LogP contribution >= 0.6 is 0 Å². The van der Waals surface area contributed by atoms with Crippen molar-refractivity contribution in [3.8, 4) is 34.8 Å². The highest BCUT2D eigenvalue weighted by molar-refractivity contribution is 5.83. The lowest BCUT2D eigenvalue weighted by atomic mass is 9.70. The summed E-state index contributed by atoms with van der Waals surface area (Å²) in [6.45, 7) is 0.537. The second kappa shape index (κ2) is 15.3. The Hall–Kier alpha value is -3.41. The summed E-state index contributed by atoms with van der Waals surface area (Å²) in [5.41, 5.74) is 4.85. The molecule has 0 bridgehead atoms. The third-order valence-electron chi connectivity index (χ3n) is 10.5. The Morgan fingerprint density at radius 2 is 1.25 bits per heavy atom. The van der Waals surface area contributed by atoms with Gasteiger partial charge in [-0.3, -0.25) is 4.79 Å². The molecule has 3 fully saturated rings. The van der Waals surface area contributed by atoms with E-state index in [0.29, 0.717) is 43.6 Å². The summed E-state index contributed by atoms with van der Waals surface area (Å²) >= 11 is 0. The van der Waals surface area contributed by atoms with E-state index >= 15 is 0 Å². The normalized spacial score (nSPS) is 32.4. The van der Waals surface area contributed by atoms with E-state index in [9.17, 15) is 45.6 Å². The van der Waals surface area contributed by atoms with Crippen molar-refractivity contribution in [1.82, 2.24) is 9.80 Å². The van der Waals surface area contributed by atoms with Crippen LogP contribution < -0.4 is 0 Å². The number of likely N-dealkylation sites (N-methyl/N-ethyl adjacent to an activating group) is 1. The number of carbonyl (C=O) groups is 1. The number of likely N-dealkylation sites (tertiary alicyclic amines) is 1. The Morgan fingerprint density at radius 1 is 0.765 bits per heavy atom. The smallest absolute Gasteiger partial charge is 0.236 e. The Bertz CT molecular complexity index is 1720. The van der Waals surface area contributed by atoms with Gasteiger partial charge in [0.15, 0.2) is 0 Å². The third-order valence-corrected chi connectivity index (χ3v) is 10.5. The summed E-state index contributed by atoms with van der Waals surface area (Å²) in [6, 6.07) is 11.7. The van der Waals surface area contributed by atoms with Crippen molar-refractivity contribution in [3.63, 3.8) is 0 Å². The molecule has 0 aromatic heterocycles. The number of rotatable bonds is 5. The van der Waals surface area contributed by atoms with E-state index in [1.165, 1.54) is 0 Å². The average Bonchev–Trinajstić information content (AvgIpc) is 3.37. The van der Waals surface area contributed by atoms with Crippen LogP contribution in [0.4, 0.5) is 0 Å². The number of piperidine rings is 1. The fourth-order valence-electron chi connectivity index (χ4n) is 7.66. The summed E-state index contributed by atoms with van der Waals surface area (Å²) in [5, 5.41) is 81.0. The van der Waals surface area contributed by atoms with Crippen LogP contribution in [-0.2, 0) is 19.7 Å². The summed E-state index contributed by atoms with van der Waals surface area (Å²) in [7, 11) is 3.71. The molecule has 6 rings (SSSR count). The summed E-state index contributed by atoms with van der Waals surface area (Å²) < 4.78 is 11.3. The number of amides is 1. The SMILES string of the molecule is CN(C)CC(=O)N1CCC2(CC1)c1cc(C#C[C@H]3O[C@H](CO)[C@@H](O)[C@H](O)[C@@H]3O)ccc1-c1ccc(C#C[C@H]3O[C@H](CCO)[C@@H](O)[C@H](O)[C@@H]3O)cc12. The highest BCUT2D eigenvalue weighted by Gasteiger charge is 2.47. The maximum atomic E-state index is 13.0. The predicted molar refractivity (Wildman–Crippen MR) is 183 cm³/mol. The van der Waals surface area contributed by atoms with Crippen molar-refractivity contribution in [3.05, 3.63) is 58.7 Å². The van der Waals surface area contributed by atoms with Gasteiger partial charge in [-0.1, -0.05) is 35.8 Å². The van der Waals surface area contributed by atoms with Gasteiger partial charge >= 0.3 is 0 Å². The molecule has 274 valence electrons. The second-order valence-electron chi connectivity index (χ2n) is 14.1. The van der Waals surface area contributed by atoms with Gasteiger partial charge in [-0.05, 0) is 79.9 Å². The minimum atomic E-state index is -1.53. The molecule has 3 heterocycles. The van der Waals surface area contributed by atoms with E-state index < -0.39 is 73.1 Å². The molecule has 3 aliphatic heterocycles. The van der Waals surface area contributed by atoms with E-state index in [4.69, 9.17) is 9.47 Å². The topological polar surface area (TPSA) is 204 Å². The summed E-state index contributed by atoms with van der Waals surface area (Å²) in [5.74, 6) is 12.0. The number of aliphatic hydroxyl groups excluding tert-OH is 8. The average molecular weight is 707 g/mol. The quantitative estimate of drug-likeness (QED) is 0.158. The second-order valence-corrected chi connectivity index (χ2v) is 14.1. The first kappa shape index (κ1) is 37.4. The molecule has 51 heavy (non-hydrogen) atoms. The van der Waals surface area contributed by atoms with E-state index in [-0.39, 0.29) is 18.9 Å². The molecule has 3 saturated heterocycles. The number of ether oxygens (including phenoxy) is 2. The number of hydrogen-bond donors (Lipinski definition) is 8. The third kappa shape index (κ3) is 7.18. The van der Waals surface area contributed by atoms with E-state index in [1.807, 2.05) is 60.3 Å². The van der Waals surface area contributed by atoms with Crippen molar-refractivity contribution < 1.29 is 55.1 Å². The molecule has 13 heteroatoms. The highest BCUT2D eigenvalue weighted by Crippen LogP contribution is 2.54. The van der Waals surface area contributed by atoms with Crippen molar-refractivity contribution in [2.75, 3.05) is 46.9 Å². The summed E-state index contributed by atoms with van der Waals surface area (Å²) in [6.07, 6.45) is -11.6. The van der Waals surface area contributed by atoms with E-state index in [2.05, 4.69) is 23.7 Å². The highest BCUT2D eigenvalue weighted by atomic mass is 16.5. The maximum absolute atomic E-state index is 13.0. The molecular formula is C38H46N2O11. The Morgan fingerprint density at radius 3 is 1.73 bits per heavy atom. The van der Waals surface area contributed by atoms with Gasteiger partial charge in [0.05, 0.1) is 19.3 Å². The molecule has 1 aliphatic carbocycles. The molecule has 0 saturated carbocycles. The minimum Gasteiger partial charge on any atom is -0.396 e. The van der Waals surface area contributed by atoms with Gasteiger partial charge in [0, 0.05) is 36.2 Å². The lowest BCUT2D eigenvalue weighted by Gasteiger charge is -2.41. The monoisotopic (exact) mass is 706 g/mol. The van der Waals surface area contributed by atoms with Gasteiger partial charge in [0.1, 0.15) is 54.9 Å². The van der Waals surface area contributed by atoms with E-state index in [0.717, 1.165) is 22.3 Å². The molecule has 1 spiro atoms. The zero-order valence-corrected chi connectivity index (χ0v) is 28.6. The number of aliphatic hydroxyl groups is 8. The van der Waals surface area contributed by atoms with Crippen molar-refractivity contribution in [1.29, 1.82) is 0 Å². The molecule has 13 nitrogen and oxygen atoms in total. The van der Waals surface area contributed by atoms with Crippen LogP contribution in [0.15, 0.2) is 36.4 Å². The lowest BCUT2D eigenvalue weighted by molar-refractivity contribution is -0.214. The lowest BCUT2D eigenvalue weighted by Crippen LogP contribution is -2.58. The first-order chi connectivity index (χ1) is 24.4. The van der Waals surface area contributed by atoms with Crippen LogP contribution in [-0.4, -0.2) is 165 Å². The standard InChI is InChI=1S/C38H46N2O11/c1-39(2)19-31(43)40-14-12-38(13-15-40)25-17-21(5-9-27-32(44)36(48)34(46)29(50-27)11-16-41)3-7-23(25)24-8-4-22(18-26(24)38)6-10-28-33(45)37(49)35(47)30(20-42)51-28/h3-4,7-8,17-18,27-30,32-37,41-42,44-49H,11-16,19-20H2,1-2H3/t27-,28-,29-,30-,32-,33-,34-,35-,36-,37-/m1/s1. The van der Waals surface area contributed by atoms with Gasteiger partial charge in [-0.25, -0.2) is 0 Å². The van der Waals surface area contributed by atoms with Crippen molar-refractivity contribution in [2.45, 2.75) is 85.7 Å². The zero-order valence-electron chi connectivity index (χ0n) is 28.6. The molecule has 0 radical (unpaired) electrons. The van der Waals surface area contributed by atoms with E-state index in [1.54, 1.807) is 0 Å². The first-order valence-corrected chi connectivity index (χ1v) is 17.2. The maximum Gasteiger partial charge on any atom is 0.236 e. The molecule has 0 unspecified atom stereocenters. The van der Waals surface area contributed by atoms with Crippen LogP contribution in [0.2, 0.25) is 0 Å². The van der Waals surface area contributed by atoms with Gasteiger partial charge < -0.3 is 60.1 Å². The van der Waals surface area contributed by atoms with Gasteiger partial charge in [-0.15, -0.1) is 0 Å². The Balaban J connectivity index is 1.33. The first-order valence-electron chi connectivity index (χ1n) is 17.2. The Labute approximate surface area is 296 Å². The van der Waals surface area contributed by atoms with Crippen LogP contribution in [0.25, 0.3) is 11.1 Å². The molecule has 4 aliphatic rings. The van der Waals surface area contributed by atoms with Crippen molar-refractivity contribution in [2.24, 2.45) is 0 Å². The van der Waals surface area contributed by atoms with Crippen LogP contribution in [0.3, 0.4) is 0 Å². The zero-order chi connectivity index (χ0) is 36.6. The molecule has 2 aromatic rings. The largest absolute Gasteiger partial charge is 0.396 e. The predicted octanol–water partition coefficient (Wildman–Crippen LogP) is -2.08. The number of hydrogen-bond acceptors (Lipinski definition) is 12. The van der Waals surface area contributed by atoms with Gasteiger partial charge in [0.25, 0.3) is 0 Å².